The van der Waals surface area contributed by atoms with E-state index in [1.807, 2.05) is 12.1 Å². The maximum Gasteiger partial charge on any atom is 0.166 e. The normalized spacial score (nSPS) is 17.4. The summed E-state index contributed by atoms with van der Waals surface area (Å²) in [4.78, 5) is 14.7. The predicted molar refractivity (Wildman–Crippen MR) is 96.3 cm³/mol. The summed E-state index contributed by atoms with van der Waals surface area (Å²) in [6.45, 7) is 2.07. The Balaban J connectivity index is 1.52. The van der Waals surface area contributed by atoms with Crippen LogP contribution >= 0.6 is 11.6 Å². The maximum absolute atomic E-state index is 13.0. The molecule has 132 valence electrons. The topological polar surface area (TPSA) is 40.5 Å². The van der Waals surface area contributed by atoms with Crippen molar-refractivity contribution in [2.24, 2.45) is 5.92 Å². The van der Waals surface area contributed by atoms with Crippen LogP contribution in [0.2, 0.25) is 5.02 Å². The number of halogens is 2. The molecule has 25 heavy (non-hydrogen) atoms. The summed E-state index contributed by atoms with van der Waals surface area (Å²) in [5.74, 6) is -0.283. The quantitative estimate of drug-likeness (QED) is 0.815. The van der Waals surface area contributed by atoms with Crippen LogP contribution in [-0.2, 0) is 0 Å². The van der Waals surface area contributed by atoms with Crippen molar-refractivity contribution in [2.45, 2.75) is 18.9 Å². The minimum absolute atomic E-state index is 0.0330. The number of hydrogen-bond donors (Lipinski definition) is 1. The minimum atomic E-state index is -0.568. The number of ketones is 1. The van der Waals surface area contributed by atoms with Crippen LogP contribution in [0, 0.1) is 11.7 Å². The molecule has 0 bridgehead atoms. The van der Waals surface area contributed by atoms with Crippen LogP contribution in [0.3, 0.4) is 0 Å². The average Bonchev–Trinajstić information content (AvgIpc) is 2.63. The van der Waals surface area contributed by atoms with Gasteiger partial charge < -0.3 is 10.0 Å². The molecule has 1 aliphatic heterocycles. The third-order valence-electron chi connectivity index (χ3n) is 4.77. The van der Waals surface area contributed by atoms with Crippen LogP contribution in [0.1, 0.15) is 34.9 Å². The van der Waals surface area contributed by atoms with Gasteiger partial charge in [-0.15, -0.1) is 0 Å². The number of carbonyl (C=O) groups excluding carboxylic acids is 1. The lowest BCUT2D eigenvalue weighted by molar-refractivity contribution is 0.0727. The molecular weight excluding hydrogens is 341 g/mol. The number of Topliss-reactive ketones (excluding diaryl/α,β-unsaturated/α-hetero) is 1. The first-order valence-electron chi connectivity index (χ1n) is 8.48. The molecule has 0 saturated carbocycles. The molecule has 1 saturated heterocycles. The molecule has 1 unspecified atom stereocenters. The highest BCUT2D eigenvalue weighted by molar-refractivity contribution is 6.30. The number of piperidine rings is 1. The van der Waals surface area contributed by atoms with Gasteiger partial charge in [-0.2, -0.15) is 0 Å². The standard InChI is InChI=1S/C20H21ClFNO2/c21-17-5-1-14(2-6-17)19(24)13-23-11-9-16(10-12-23)20(25)15-3-7-18(22)8-4-15/h1-8,16,19,24H,9-13H2. The van der Waals surface area contributed by atoms with E-state index in [2.05, 4.69) is 4.90 Å². The molecular formula is C20H21ClFNO2. The SMILES string of the molecule is O=C(c1ccc(F)cc1)C1CCN(CC(O)c2ccc(Cl)cc2)CC1. The Hall–Kier alpha value is -1.75. The van der Waals surface area contributed by atoms with Gasteiger partial charge in [0.2, 0.25) is 0 Å². The van der Waals surface area contributed by atoms with Gasteiger partial charge in [0.25, 0.3) is 0 Å². The summed E-state index contributed by atoms with van der Waals surface area (Å²) in [5.41, 5.74) is 1.41. The lowest BCUT2D eigenvalue weighted by Gasteiger charge is -2.32. The zero-order chi connectivity index (χ0) is 17.8. The Morgan fingerprint density at radius 3 is 2.32 bits per heavy atom. The summed E-state index contributed by atoms with van der Waals surface area (Å²) in [6, 6.07) is 13.0. The first-order valence-corrected chi connectivity index (χ1v) is 8.86. The second-order valence-corrected chi connectivity index (χ2v) is 6.95. The third kappa shape index (κ3) is 4.66. The van der Waals surface area contributed by atoms with Crippen LogP contribution in [0.25, 0.3) is 0 Å². The van der Waals surface area contributed by atoms with E-state index in [4.69, 9.17) is 11.6 Å². The molecule has 0 amide bonds. The molecule has 3 rings (SSSR count). The fourth-order valence-corrected chi connectivity index (χ4v) is 3.39. The Morgan fingerprint density at radius 2 is 1.72 bits per heavy atom. The molecule has 1 heterocycles. The number of hydrogen-bond acceptors (Lipinski definition) is 3. The van der Waals surface area contributed by atoms with Gasteiger partial charge in [0.15, 0.2) is 5.78 Å². The molecule has 0 radical (unpaired) electrons. The highest BCUT2D eigenvalue weighted by Gasteiger charge is 2.26. The van der Waals surface area contributed by atoms with Crippen molar-refractivity contribution in [2.75, 3.05) is 19.6 Å². The van der Waals surface area contributed by atoms with Gasteiger partial charge in [0.1, 0.15) is 5.82 Å². The van der Waals surface area contributed by atoms with Crippen molar-refractivity contribution in [3.8, 4) is 0 Å². The Kier molecular flexibility index (Phi) is 5.84. The second-order valence-electron chi connectivity index (χ2n) is 6.51. The zero-order valence-corrected chi connectivity index (χ0v) is 14.6. The maximum atomic E-state index is 13.0. The smallest absolute Gasteiger partial charge is 0.166 e. The summed E-state index contributed by atoms with van der Waals surface area (Å²) >= 11 is 5.87. The summed E-state index contributed by atoms with van der Waals surface area (Å²) in [5, 5.41) is 11.0. The predicted octanol–water partition coefficient (Wildman–Crippen LogP) is 4.11. The summed E-state index contributed by atoms with van der Waals surface area (Å²) in [6.07, 6.45) is 0.939. The van der Waals surface area contributed by atoms with Crippen LogP contribution in [-0.4, -0.2) is 35.4 Å². The van der Waals surface area contributed by atoms with Crippen molar-refractivity contribution < 1.29 is 14.3 Å². The number of aliphatic hydroxyl groups is 1. The molecule has 1 N–H and O–H groups in total. The van der Waals surface area contributed by atoms with Gasteiger partial charge in [-0.1, -0.05) is 23.7 Å². The second kappa shape index (κ2) is 8.09. The van der Waals surface area contributed by atoms with Crippen LogP contribution in [0.4, 0.5) is 4.39 Å². The largest absolute Gasteiger partial charge is 0.387 e. The number of nitrogens with zero attached hydrogens (tertiary/aromatic N) is 1. The van der Waals surface area contributed by atoms with E-state index < -0.39 is 6.10 Å². The average molecular weight is 362 g/mol. The highest BCUT2D eigenvalue weighted by atomic mass is 35.5. The van der Waals surface area contributed by atoms with Crippen molar-refractivity contribution in [3.63, 3.8) is 0 Å². The molecule has 5 heteroatoms. The van der Waals surface area contributed by atoms with Crippen molar-refractivity contribution in [3.05, 3.63) is 70.5 Å². The summed E-state index contributed by atoms with van der Waals surface area (Å²) < 4.78 is 13.0. The number of likely N-dealkylation sites (tertiary alicyclic amines) is 1. The minimum Gasteiger partial charge on any atom is -0.387 e. The van der Waals surface area contributed by atoms with Gasteiger partial charge >= 0.3 is 0 Å². The number of aliphatic hydroxyl groups excluding tert-OH is 1. The van der Waals surface area contributed by atoms with Crippen LogP contribution in [0.5, 0.6) is 0 Å². The first-order chi connectivity index (χ1) is 12.0. The number of carbonyl (C=O) groups is 1. The van der Waals surface area contributed by atoms with Crippen molar-refractivity contribution in [1.29, 1.82) is 0 Å². The first kappa shape index (κ1) is 18.1. The number of rotatable bonds is 5. The molecule has 1 aliphatic rings. The van der Waals surface area contributed by atoms with E-state index in [0.717, 1.165) is 31.5 Å². The lowest BCUT2D eigenvalue weighted by atomic mass is 9.88. The third-order valence-corrected chi connectivity index (χ3v) is 5.02. The molecule has 2 aromatic rings. The van der Waals surface area contributed by atoms with Gasteiger partial charge in [-0.3, -0.25) is 4.79 Å². The van der Waals surface area contributed by atoms with Gasteiger partial charge in [0.05, 0.1) is 6.10 Å². The fraction of sp³-hybridized carbons (Fsp3) is 0.350. The zero-order valence-electron chi connectivity index (χ0n) is 13.9. The molecule has 0 aromatic heterocycles. The Bertz CT molecular complexity index is 709. The van der Waals surface area contributed by atoms with Crippen molar-refractivity contribution in [1.82, 2.24) is 4.90 Å². The van der Waals surface area contributed by atoms with E-state index in [9.17, 15) is 14.3 Å². The Labute approximate surface area is 152 Å². The molecule has 1 fully saturated rings. The van der Waals surface area contributed by atoms with Gasteiger partial charge in [-0.05, 0) is 67.9 Å². The molecule has 0 aliphatic carbocycles. The number of benzene rings is 2. The highest BCUT2D eigenvalue weighted by Crippen LogP contribution is 2.24. The lowest BCUT2D eigenvalue weighted by Crippen LogP contribution is -2.38. The molecule has 1 atom stereocenters. The summed E-state index contributed by atoms with van der Waals surface area (Å²) in [7, 11) is 0. The molecule has 3 nitrogen and oxygen atoms in total. The van der Waals surface area contributed by atoms with E-state index in [1.165, 1.54) is 12.1 Å². The van der Waals surface area contributed by atoms with E-state index >= 15 is 0 Å². The molecule has 2 aromatic carbocycles. The van der Waals surface area contributed by atoms with E-state index in [0.29, 0.717) is 17.1 Å². The monoisotopic (exact) mass is 361 g/mol. The van der Waals surface area contributed by atoms with Crippen molar-refractivity contribution >= 4 is 17.4 Å². The molecule has 0 spiro atoms. The fourth-order valence-electron chi connectivity index (χ4n) is 3.26. The van der Waals surface area contributed by atoms with E-state index in [-0.39, 0.29) is 17.5 Å². The van der Waals surface area contributed by atoms with Gasteiger partial charge in [0, 0.05) is 23.0 Å². The van der Waals surface area contributed by atoms with E-state index in [1.54, 1.807) is 24.3 Å². The Morgan fingerprint density at radius 1 is 1.12 bits per heavy atom. The van der Waals surface area contributed by atoms with Crippen LogP contribution in [0.15, 0.2) is 48.5 Å². The number of β-amino-alcohol motifs (C(OH)–C–C–N with tert-alkyl or cyclic N) is 1. The van der Waals surface area contributed by atoms with Gasteiger partial charge in [-0.25, -0.2) is 4.39 Å². The van der Waals surface area contributed by atoms with Crippen LogP contribution < -0.4 is 0 Å².